The topological polar surface area (TPSA) is 61.9 Å². The number of nitrogens with zero attached hydrogens (tertiary/aromatic N) is 4. The van der Waals surface area contributed by atoms with E-state index in [0.29, 0.717) is 18.9 Å². The van der Waals surface area contributed by atoms with Crippen LogP contribution in [0, 0.1) is 13.8 Å². The number of thiophene rings is 1. The number of thioether (sulfide) groups is 1. The van der Waals surface area contributed by atoms with Gasteiger partial charge >= 0.3 is 0 Å². The number of aromatic nitrogens is 4. The highest BCUT2D eigenvalue weighted by Gasteiger charge is 2.17. The van der Waals surface area contributed by atoms with Crippen molar-refractivity contribution in [1.29, 1.82) is 0 Å². The van der Waals surface area contributed by atoms with Crippen LogP contribution in [0.2, 0.25) is 0 Å². The monoisotopic (exact) mass is 404 g/mol. The molecule has 0 saturated heterocycles. The number of carbonyl (C=O) groups excluding carboxylic acids is 1. The molecule has 3 aromatic heterocycles. The van der Waals surface area contributed by atoms with Crippen molar-refractivity contribution in [2.75, 3.05) is 19.5 Å². The summed E-state index contributed by atoms with van der Waals surface area (Å²) in [5, 5.41) is 10.9. The van der Waals surface area contributed by atoms with Crippen LogP contribution >= 0.6 is 23.1 Å². The van der Waals surface area contributed by atoms with E-state index in [-0.39, 0.29) is 5.78 Å². The quantitative estimate of drug-likeness (QED) is 0.381. The van der Waals surface area contributed by atoms with Gasteiger partial charge in [0, 0.05) is 42.0 Å². The first kappa shape index (κ1) is 19.9. The lowest BCUT2D eigenvalue weighted by Gasteiger charge is -2.09. The summed E-state index contributed by atoms with van der Waals surface area (Å²) >= 11 is 3.19. The molecule has 0 aliphatic heterocycles. The van der Waals surface area contributed by atoms with Crippen LogP contribution in [0.15, 0.2) is 35.1 Å². The molecule has 0 aliphatic carbocycles. The van der Waals surface area contributed by atoms with Crippen LogP contribution in [0.1, 0.15) is 26.6 Å². The van der Waals surface area contributed by atoms with Gasteiger partial charge in [-0.25, -0.2) is 0 Å². The number of ketones is 1. The molecule has 0 aromatic carbocycles. The molecule has 0 radical (unpaired) electrons. The van der Waals surface area contributed by atoms with Gasteiger partial charge in [0.25, 0.3) is 0 Å². The molecule has 3 rings (SSSR count). The Morgan fingerprint density at radius 1 is 1.33 bits per heavy atom. The van der Waals surface area contributed by atoms with Gasteiger partial charge in [0.15, 0.2) is 10.9 Å². The van der Waals surface area contributed by atoms with Crippen LogP contribution in [0.25, 0.3) is 0 Å². The Morgan fingerprint density at radius 3 is 2.93 bits per heavy atom. The smallest absolute Gasteiger partial charge is 0.191 e. The van der Waals surface area contributed by atoms with Gasteiger partial charge in [0.1, 0.15) is 6.33 Å². The van der Waals surface area contributed by atoms with Crippen molar-refractivity contribution in [3.05, 3.63) is 51.7 Å². The minimum Gasteiger partial charge on any atom is -0.383 e. The fourth-order valence-electron chi connectivity index (χ4n) is 3.01. The lowest BCUT2D eigenvalue weighted by atomic mass is 10.2. The third kappa shape index (κ3) is 4.88. The molecule has 0 aliphatic rings. The summed E-state index contributed by atoms with van der Waals surface area (Å²) in [5.41, 5.74) is 2.96. The fraction of sp³-hybridized carbons (Fsp3) is 0.421. The van der Waals surface area contributed by atoms with Gasteiger partial charge in [0.05, 0.1) is 12.4 Å². The predicted molar refractivity (Wildman–Crippen MR) is 109 cm³/mol. The van der Waals surface area contributed by atoms with Gasteiger partial charge in [-0.15, -0.1) is 21.5 Å². The second kappa shape index (κ2) is 9.34. The standard InChI is InChI=1S/C19H24N4O2S2/c1-14-11-17(15(2)23(14)7-6-16-5-4-10-26-16)18(24)12-27-19-21-20-13-22(19)8-9-25-3/h4-5,10-11,13H,6-9,12H2,1-3H3. The van der Waals surface area contributed by atoms with Gasteiger partial charge in [-0.1, -0.05) is 17.8 Å². The van der Waals surface area contributed by atoms with Crippen molar-refractivity contribution < 1.29 is 9.53 Å². The zero-order valence-electron chi connectivity index (χ0n) is 15.8. The highest BCUT2D eigenvalue weighted by molar-refractivity contribution is 7.99. The number of aryl methyl sites for hydroxylation is 2. The Morgan fingerprint density at radius 2 is 2.19 bits per heavy atom. The molecule has 3 heterocycles. The first-order chi connectivity index (χ1) is 13.1. The van der Waals surface area contributed by atoms with Crippen LogP contribution in [0.4, 0.5) is 0 Å². The maximum absolute atomic E-state index is 12.8. The molecule has 3 aromatic rings. The Balaban J connectivity index is 1.63. The van der Waals surface area contributed by atoms with Crippen LogP contribution in [-0.2, 0) is 24.2 Å². The van der Waals surface area contributed by atoms with Gasteiger partial charge in [-0.05, 0) is 37.8 Å². The highest BCUT2D eigenvalue weighted by atomic mass is 32.2. The Labute approximate surface area is 167 Å². The maximum atomic E-state index is 12.8. The normalized spacial score (nSPS) is 11.2. The summed E-state index contributed by atoms with van der Waals surface area (Å²) in [6.07, 6.45) is 2.65. The first-order valence-electron chi connectivity index (χ1n) is 8.82. The minimum atomic E-state index is 0.122. The predicted octanol–water partition coefficient (Wildman–Crippen LogP) is 3.62. The lowest BCUT2D eigenvalue weighted by Crippen LogP contribution is -2.09. The second-order valence-electron chi connectivity index (χ2n) is 6.28. The van der Waals surface area contributed by atoms with E-state index in [2.05, 4.69) is 39.2 Å². The van der Waals surface area contributed by atoms with Gasteiger partial charge in [0.2, 0.25) is 0 Å². The van der Waals surface area contributed by atoms with Gasteiger partial charge in [-0.3, -0.25) is 4.79 Å². The molecule has 0 atom stereocenters. The van der Waals surface area contributed by atoms with E-state index in [9.17, 15) is 4.79 Å². The largest absolute Gasteiger partial charge is 0.383 e. The summed E-state index contributed by atoms with van der Waals surface area (Å²) in [6, 6.07) is 6.23. The minimum absolute atomic E-state index is 0.122. The molecule has 0 spiro atoms. The van der Waals surface area contributed by atoms with E-state index >= 15 is 0 Å². The van der Waals surface area contributed by atoms with E-state index in [1.54, 1.807) is 24.8 Å². The molecule has 27 heavy (non-hydrogen) atoms. The highest BCUT2D eigenvalue weighted by Crippen LogP contribution is 2.22. The number of carbonyl (C=O) groups is 1. The van der Waals surface area contributed by atoms with Crippen molar-refractivity contribution in [2.45, 2.75) is 38.5 Å². The van der Waals surface area contributed by atoms with Crippen molar-refractivity contribution in [3.8, 4) is 0 Å². The number of hydrogen-bond donors (Lipinski definition) is 0. The van der Waals surface area contributed by atoms with E-state index in [1.165, 1.54) is 16.6 Å². The van der Waals surface area contributed by atoms with E-state index in [4.69, 9.17) is 4.74 Å². The van der Waals surface area contributed by atoms with E-state index < -0.39 is 0 Å². The zero-order chi connectivity index (χ0) is 19.2. The number of methoxy groups -OCH3 is 1. The summed E-state index contributed by atoms with van der Waals surface area (Å²) in [5.74, 6) is 0.470. The Kier molecular flexibility index (Phi) is 6.87. The van der Waals surface area contributed by atoms with Crippen molar-refractivity contribution in [2.24, 2.45) is 0 Å². The molecule has 144 valence electrons. The molecule has 0 saturated carbocycles. The Hall–Kier alpha value is -1.90. The molecule has 0 bridgehead atoms. The molecule has 6 nitrogen and oxygen atoms in total. The molecule has 0 N–H and O–H groups in total. The summed E-state index contributed by atoms with van der Waals surface area (Å²) in [6.45, 7) is 6.25. The summed E-state index contributed by atoms with van der Waals surface area (Å²) < 4.78 is 9.24. The summed E-state index contributed by atoms with van der Waals surface area (Å²) in [4.78, 5) is 14.1. The van der Waals surface area contributed by atoms with Crippen LogP contribution < -0.4 is 0 Å². The second-order valence-corrected chi connectivity index (χ2v) is 8.25. The SMILES string of the molecule is COCCn1cnnc1SCC(=O)c1cc(C)n(CCc2cccs2)c1C. The molecule has 0 unspecified atom stereocenters. The third-order valence-electron chi connectivity index (χ3n) is 4.48. The van der Waals surface area contributed by atoms with E-state index in [1.807, 2.05) is 17.6 Å². The van der Waals surface area contributed by atoms with Gasteiger partial charge < -0.3 is 13.9 Å². The summed E-state index contributed by atoms with van der Waals surface area (Å²) in [7, 11) is 1.66. The van der Waals surface area contributed by atoms with Crippen LogP contribution in [-0.4, -0.2) is 44.6 Å². The van der Waals surface area contributed by atoms with Crippen molar-refractivity contribution in [3.63, 3.8) is 0 Å². The third-order valence-corrected chi connectivity index (χ3v) is 6.40. The zero-order valence-corrected chi connectivity index (χ0v) is 17.5. The number of hydrogen-bond acceptors (Lipinski definition) is 6. The number of ether oxygens (including phenoxy) is 1. The first-order valence-corrected chi connectivity index (χ1v) is 10.7. The van der Waals surface area contributed by atoms with Crippen LogP contribution in [0.3, 0.4) is 0 Å². The molecule has 0 fully saturated rings. The lowest BCUT2D eigenvalue weighted by molar-refractivity contribution is 0.102. The molecular weight excluding hydrogens is 380 g/mol. The average Bonchev–Trinajstić information content (AvgIpc) is 3.38. The Bertz CT molecular complexity index is 884. The van der Waals surface area contributed by atoms with Gasteiger partial charge in [-0.2, -0.15) is 0 Å². The fourth-order valence-corrected chi connectivity index (χ4v) is 4.53. The molecular formula is C19H24N4O2S2. The number of Topliss-reactive ketones (excluding diaryl/α,β-unsaturated/α-hetero) is 1. The maximum Gasteiger partial charge on any atom is 0.191 e. The average molecular weight is 405 g/mol. The van der Waals surface area contributed by atoms with Crippen molar-refractivity contribution >= 4 is 28.9 Å². The van der Waals surface area contributed by atoms with E-state index in [0.717, 1.165) is 35.1 Å². The van der Waals surface area contributed by atoms with Crippen molar-refractivity contribution in [1.82, 2.24) is 19.3 Å². The molecule has 8 heteroatoms. The molecule has 0 amide bonds. The van der Waals surface area contributed by atoms with Crippen LogP contribution in [0.5, 0.6) is 0 Å². The number of rotatable bonds is 10.